The molecule has 1 N–H and O–H groups in total. The monoisotopic (exact) mass is 196 g/mol. The Morgan fingerprint density at radius 1 is 1.50 bits per heavy atom. The fraction of sp³-hybridized carbons (Fsp3) is 0.833. The van der Waals surface area contributed by atoms with Crippen LogP contribution in [0.25, 0.3) is 0 Å². The molecule has 2 heteroatoms. The van der Waals surface area contributed by atoms with E-state index in [0.717, 1.165) is 12.8 Å². The van der Waals surface area contributed by atoms with E-state index in [9.17, 15) is 5.11 Å². The van der Waals surface area contributed by atoms with E-state index in [1.807, 2.05) is 6.92 Å². The first-order valence-corrected chi connectivity index (χ1v) is 5.51. The highest BCUT2D eigenvalue weighted by molar-refractivity contribution is 5.11. The molecule has 0 bridgehead atoms. The van der Waals surface area contributed by atoms with Crippen LogP contribution in [0.4, 0.5) is 0 Å². The van der Waals surface area contributed by atoms with Gasteiger partial charge in [-0.05, 0) is 25.7 Å². The summed E-state index contributed by atoms with van der Waals surface area (Å²) in [5.41, 5.74) is -0.925. The van der Waals surface area contributed by atoms with E-state index in [4.69, 9.17) is 11.2 Å². The van der Waals surface area contributed by atoms with Gasteiger partial charge in [0.15, 0.2) is 0 Å². The predicted molar refractivity (Wildman–Crippen MR) is 56.9 cm³/mol. The van der Waals surface area contributed by atoms with Crippen LogP contribution in [0.15, 0.2) is 0 Å². The Balaban J connectivity index is 2.43. The zero-order valence-electron chi connectivity index (χ0n) is 8.96. The first-order valence-electron chi connectivity index (χ1n) is 5.51. The van der Waals surface area contributed by atoms with Crippen LogP contribution in [0.1, 0.15) is 39.0 Å². The van der Waals surface area contributed by atoms with Crippen molar-refractivity contribution in [2.24, 2.45) is 5.92 Å². The number of rotatable bonds is 5. The van der Waals surface area contributed by atoms with Crippen molar-refractivity contribution in [3.8, 4) is 12.3 Å². The highest BCUT2D eigenvalue weighted by atomic mass is 16.5. The Morgan fingerprint density at radius 3 is 2.64 bits per heavy atom. The van der Waals surface area contributed by atoms with Crippen LogP contribution in [0.5, 0.6) is 0 Å². The molecule has 1 saturated carbocycles. The molecule has 1 aliphatic rings. The maximum absolute atomic E-state index is 10.2. The number of ether oxygens (including phenoxy) is 1. The second kappa shape index (κ2) is 5.38. The molecule has 0 radical (unpaired) electrons. The lowest BCUT2D eigenvalue weighted by Gasteiger charge is -2.28. The lowest BCUT2D eigenvalue weighted by atomic mass is 9.84. The van der Waals surface area contributed by atoms with Crippen LogP contribution in [0.3, 0.4) is 0 Å². The predicted octanol–water partition coefficient (Wildman–Crippen LogP) is 1.97. The molecule has 0 heterocycles. The van der Waals surface area contributed by atoms with Crippen molar-refractivity contribution in [1.29, 1.82) is 0 Å². The van der Waals surface area contributed by atoms with Crippen molar-refractivity contribution in [1.82, 2.24) is 0 Å². The lowest BCUT2D eigenvalue weighted by molar-refractivity contribution is 0.00379. The van der Waals surface area contributed by atoms with Crippen molar-refractivity contribution in [3.05, 3.63) is 0 Å². The van der Waals surface area contributed by atoms with Crippen molar-refractivity contribution >= 4 is 0 Å². The normalized spacial score (nSPS) is 21.8. The lowest BCUT2D eigenvalue weighted by Crippen LogP contribution is -2.36. The van der Waals surface area contributed by atoms with Crippen molar-refractivity contribution < 1.29 is 9.84 Å². The smallest absolute Gasteiger partial charge is 0.130 e. The molecule has 1 aliphatic carbocycles. The van der Waals surface area contributed by atoms with Gasteiger partial charge in [-0.2, -0.15) is 0 Å². The molecule has 2 nitrogen and oxygen atoms in total. The third kappa shape index (κ3) is 2.73. The van der Waals surface area contributed by atoms with E-state index < -0.39 is 5.60 Å². The average molecular weight is 196 g/mol. The molecular weight excluding hydrogens is 176 g/mol. The summed E-state index contributed by atoms with van der Waals surface area (Å²) in [6, 6.07) is 0. The van der Waals surface area contributed by atoms with Crippen LogP contribution in [0, 0.1) is 18.3 Å². The maximum atomic E-state index is 10.2. The van der Waals surface area contributed by atoms with Gasteiger partial charge in [-0.3, -0.25) is 0 Å². The van der Waals surface area contributed by atoms with Gasteiger partial charge in [-0.25, -0.2) is 0 Å². The van der Waals surface area contributed by atoms with Gasteiger partial charge in [0.2, 0.25) is 0 Å². The molecule has 0 saturated heterocycles. The first kappa shape index (κ1) is 11.6. The number of aliphatic hydroxyl groups is 1. The molecule has 0 aromatic rings. The quantitative estimate of drug-likeness (QED) is 0.538. The minimum absolute atomic E-state index is 0.285. The van der Waals surface area contributed by atoms with E-state index >= 15 is 0 Å². The molecule has 1 fully saturated rings. The highest BCUT2D eigenvalue weighted by Gasteiger charge is 2.36. The number of hydrogen-bond donors (Lipinski definition) is 1. The summed E-state index contributed by atoms with van der Waals surface area (Å²) in [7, 11) is 0. The van der Waals surface area contributed by atoms with Crippen LogP contribution in [-0.2, 0) is 4.74 Å². The van der Waals surface area contributed by atoms with Gasteiger partial charge in [0, 0.05) is 13.0 Å². The Kier molecular flexibility index (Phi) is 4.44. The Hall–Kier alpha value is -0.520. The summed E-state index contributed by atoms with van der Waals surface area (Å²) in [6.07, 6.45) is 10.5. The third-order valence-electron chi connectivity index (χ3n) is 3.11. The molecule has 1 rings (SSSR count). The van der Waals surface area contributed by atoms with E-state index in [2.05, 4.69) is 5.92 Å². The SMILES string of the molecule is C#CC(O)(CCOCC)C1CCCC1. The van der Waals surface area contributed by atoms with Gasteiger partial charge in [0.05, 0.1) is 6.61 Å². The molecule has 80 valence electrons. The first-order chi connectivity index (χ1) is 6.73. The van der Waals surface area contributed by atoms with Crippen LogP contribution in [-0.4, -0.2) is 23.9 Å². The molecule has 0 aromatic heterocycles. The highest BCUT2D eigenvalue weighted by Crippen LogP contribution is 2.35. The summed E-state index contributed by atoms with van der Waals surface area (Å²) >= 11 is 0. The molecule has 0 amide bonds. The van der Waals surface area contributed by atoms with Crippen molar-refractivity contribution in [2.45, 2.75) is 44.6 Å². The number of hydrogen-bond acceptors (Lipinski definition) is 2. The molecular formula is C12H20O2. The minimum Gasteiger partial charge on any atom is -0.382 e. The fourth-order valence-corrected chi connectivity index (χ4v) is 2.17. The number of terminal acetylenes is 1. The van der Waals surface area contributed by atoms with E-state index in [-0.39, 0.29) is 5.92 Å². The van der Waals surface area contributed by atoms with Crippen molar-refractivity contribution in [3.63, 3.8) is 0 Å². The summed E-state index contributed by atoms with van der Waals surface area (Å²) in [4.78, 5) is 0. The van der Waals surface area contributed by atoms with Crippen LogP contribution < -0.4 is 0 Å². The van der Waals surface area contributed by atoms with E-state index in [0.29, 0.717) is 19.6 Å². The Bertz CT molecular complexity index is 201. The van der Waals surface area contributed by atoms with Gasteiger partial charge < -0.3 is 9.84 Å². The second-order valence-corrected chi connectivity index (χ2v) is 4.00. The second-order valence-electron chi connectivity index (χ2n) is 4.00. The van der Waals surface area contributed by atoms with Gasteiger partial charge in [0.1, 0.15) is 5.60 Å². The fourth-order valence-electron chi connectivity index (χ4n) is 2.17. The van der Waals surface area contributed by atoms with Crippen molar-refractivity contribution in [2.75, 3.05) is 13.2 Å². The summed E-state index contributed by atoms with van der Waals surface area (Å²) < 4.78 is 5.24. The van der Waals surface area contributed by atoms with Gasteiger partial charge in [-0.15, -0.1) is 6.42 Å². The molecule has 1 atom stereocenters. The Morgan fingerprint density at radius 2 is 2.14 bits per heavy atom. The largest absolute Gasteiger partial charge is 0.382 e. The van der Waals surface area contributed by atoms with Gasteiger partial charge in [0.25, 0.3) is 0 Å². The van der Waals surface area contributed by atoms with Crippen LogP contribution in [0.2, 0.25) is 0 Å². The third-order valence-corrected chi connectivity index (χ3v) is 3.11. The van der Waals surface area contributed by atoms with E-state index in [1.165, 1.54) is 12.8 Å². The van der Waals surface area contributed by atoms with E-state index in [1.54, 1.807) is 0 Å². The standard InChI is InChI=1S/C12H20O2/c1-3-12(13,9-10-14-4-2)11-7-5-6-8-11/h1,11,13H,4-10H2,2H3. The minimum atomic E-state index is -0.925. The molecule has 1 unspecified atom stereocenters. The van der Waals surface area contributed by atoms with Gasteiger partial charge in [-0.1, -0.05) is 18.8 Å². The van der Waals surface area contributed by atoms with Crippen LogP contribution >= 0.6 is 0 Å². The zero-order chi connectivity index (χ0) is 10.4. The molecule has 0 spiro atoms. The maximum Gasteiger partial charge on any atom is 0.130 e. The molecule has 0 aliphatic heterocycles. The summed E-state index contributed by atoms with van der Waals surface area (Å²) in [5.74, 6) is 2.84. The van der Waals surface area contributed by atoms with Gasteiger partial charge >= 0.3 is 0 Å². The zero-order valence-corrected chi connectivity index (χ0v) is 8.96. The average Bonchev–Trinajstić information content (AvgIpc) is 2.71. The molecule has 14 heavy (non-hydrogen) atoms. The topological polar surface area (TPSA) is 29.5 Å². The molecule has 0 aromatic carbocycles. The summed E-state index contributed by atoms with van der Waals surface area (Å²) in [6.45, 7) is 3.20. The summed E-state index contributed by atoms with van der Waals surface area (Å²) in [5, 5.41) is 10.2. The Labute approximate surface area is 86.7 Å².